The summed E-state index contributed by atoms with van der Waals surface area (Å²) in [6, 6.07) is 8.27. The number of aryl methyl sites for hydroxylation is 1. The lowest BCUT2D eigenvalue weighted by molar-refractivity contribution is -0.131. The predicted molar refractivity (Wildman–Crippen MR) is 120 cm³/mol. The molecular formula is C25H35N3O3. The lowest BCUT2D eigenvalue weighted by Gasteiger charge is -2.56. The smallest absolute Gasteiger partial charge is 0.331 e. The van der Waals surface area contributed by atoms with Gasteiger partial charge in [-0.25, -0.2) is 9.69 Å². The zero-order valence-electron chi connectivity index (χ0n) is 18.8. The number of piperidine rings is 1. The maximum absolute atomic E-state index is 14.0. The molecule has 3 amide bonds. The Kier molecular flexibility index (Phi) is 5.78. The van der Waals surface area contributed by atoms with Crippen molar-refractivity contribution in [1.29, 1.82) is 0 Å². The average molecular weight is 426 g/mol. The Morgan fingerprint density at radius 3 is 2.65 bits per heavy atom. The number of nitrogens with one attached hydrogen (secondary N) is 1. The summed E-state index contributed by atoms with van der Waals surface area (Å²) >= 11 is 0. The number of fused-ring (bicyclic) bond motifs is 3. The van der Waals surface area contributed by atoms with Crippen molar-refractivity contribution in [1.82, 2.24) is 10.2 Å². The number of carbonyl (C=O) groups is 2. The van der Waals surface area contributed by atoms with Crippen LogP contribution in [0.25, 0.3) is 0 Å². The minimum atomic E-state index is -0.194. The summed E-state index contributed by atoms with van der Waals surface area (Å²) in [5.74, 6) is 0.0403. The van der Waals surface area contributed by atoms with Crippen LogP contribution in [-0.4, -0.2) is 54.7 Å². The highest BCUT2D eigenvalue weighted by atomic mass is 16.5. The molecule has 5 unspecified atom stereocenters. The fourth-order valence-corrected chi connectivity index (χ4v) is 6.67. The van der Waals surface area contributed by atoms with Crippen LogP contribution in [0.5, 0.6) is 0 Å². The molecule has 5 rings (SSSR count). The Labute approximate surface area is 185 Å². The number of ether oxygens (including phenoxy) is 1. The van der Waals surface area contributed by atoms with Gasteiger partial charge in [-0.1, -0.05) is 38.3 Å². The first-order chi connectivity index (χ1) is 15.1. The molecule has 4 aliphatic rings. The van der Waals surface area contributed by atoms with Crippen LogP contribution in [0.1, 0.15) is 57.4 Å². The number of methoxy groups -OCH3 is 1. The molecule has 168 valence electrons. The second-order valence-corrected chi connectivity index (χ2v) is 9.73. The zero-order valence-corrected chi connectivity index (χ0v) is 18.8. The van der Waals surface area contributed by atoms with Gasteiger partial charge in [-0.3, -0.25) is 4.79 Å². The first-order valence-corrected chi connectivity index (χ1v) is 12.2. The summed E-state index contributed by atoms with van der Waals surface area (Å²) in [4.78, 5) is 31.4. The van der Waals surface area contributed by atoms with Crippen molar-refractivity contribution < 1.29 is 14.3 Å². The number of rotatable bonds is 4. The van der Waals surface area contributed by atoms with Gasteiger partial charge in [-0.2, -0.15) is 0 Å². The van der Waals surface area contributed by atoms with Gasteiger partial charge in [0.2, 0.25) is 5.91 Å². The molecule has 0 spiro atoms. The second-order valence-electron chi connectivity index (χ2n) is 9.73. The molecular weight excluding hydrogens is 390 g/mol. The van der Waals surface area contributed by atoms with E-state index in [2.05, 4.69) is 23.2 Å². The van der Waals surface area contributed by atoms with E-state index in [1.807, 2.05) is 18.2 Å². The van der Waals surface area contributed by atoms with E-state index in [0.717, 1.165) is 62.6 Å². The molecule has 2 saturated carbocycles. The van der Waals surface area contributed by atoms with Crippen molar-refractivity contribution in [2.45, 2.75) is 82.5 Å². The number of nitrogens with zero attached hydrogens (tertiary/aromatic N) is 2. The zero-order chi connectivity index (χ0) is 21.5. The number of imide groups is 1. The van der Waals surface area contributed by atoms with Gasteiger partial charge in [0.05, 0.1) is 23.8 Å². The van der Waals surface area contributed by atoms with E-state index in [1.54, 1.807) is 7.11 Å². The number of carbonyl (C=O) groups excluding carboxylic acids is 2. The highest BCUT2D eigenvalue weighted by Gasteiger charge is 2.56. The quantitative estimate of drug-likeness (QED) is 0.798. The van der Waals surface area contributed by atoms with Crippen molar-refractivity contribution in [3.8, 4) is 0 Å². The maximum atomic E-state index is 14.0. The second kappa shape index (κ2) is 8.55. The molecule has 2 heterocycles. The van der Waals surface area contributed by atoms with Gasteiger partial charge in [0.1, 0.15) is 0 Å². The minimum Gasteiger partial charge on any atom is -0.380 e. The molecule has 1 aromatic carbocycles. The van der Waals surface area contributed by atoms with Crippen LogP contribution in [0.3, 0.4) is 0 Å². The van der Waals surface area contributed by atoms with E-state index >= 15 is 0 Å². The van der Waals surface area contributed by atoms with Gasteiger partial charge < -0.3 is 15.0 Å². The first-order valence-electron chi connectivity index (χ1n) is 12.2. The third-order valence-corrected chi connectivity index (χ3v) is 8.18. The van der Waals surface area contributed by atoms with Gasteiger partial charge in [0, 0.05) is 25.7 Å². The van der Waals surface area contributed by atoms with Gasteiger partial charge in [-0.15, -0.1) is 0 Å². The molecule has 4 fully saturated rings. The van der Waals surface area contributed by atoms with Crippen LogP contribution >= 0.6 is 0 Å². The predicted octanol–water partition coefficient (Wildman–Crippen LogP) is 3.73. The number of hydrogen-bond donors (Lipinski definition) is 1. The molecule has 0 radical (unpaired) electrons. The Morgan fingerprint density at radius 2 is 1.90 bits per heavy atom. The Bertz CT molecular complexity index is 837. The highest BCUT2D eigenvalue weighted by Crippen LogP contribution is 2.43. The van der Waals surface area contributed by atoms with Crippen LogP contribution in [0, 0.1) is 11.8 Å². The SMILES string of the molecule is CCc1cccc(N2C(=O)C3CNC4C(OC)CCCC4C3N(C3CCCC3)C2=O)c1. The fraction of sp³-hybridized carbons (Fsp3) is 0.680. The molecule has 2 saturated heterocycles. The van der Waals surface area contributed by atoms with E-state index in [-0.39, 0.29) is 48.0 Å². The van der Waals surface area contributed by atoms with Crippen LogP contribution in [-0.2, 0) is 16.0 Å². The number of anilines is 1. The molecule has 5 atom stereocenters. The Morgan fingerprint density at radius 1 is 1.10 bits per heavy atom. The molecule has 0 aromatic heterocycles. The van der Waals surface area contributed by atoms with Gasteiger partial charge in [0.15, 0.2) is 0 Å². The van der Waals surface area contributed by atoms with Crippen molar-refractivity contribution in [2.24, 2.45) is 11.8 Å². The number of hydrogen-bond acceptors (Lipinski definition) is 4. The summed E-state index contributed by atoms with van der Waals surface area (Å²) in [5, 5.41) is 3.66. The van der Waals surface area contributed by atoms with Gasteiger partial charge >= 0.3 is 6.03 Å². The Hall–Kier alpha value is -1.92. The minimum absolute atomic E-state index is 0.0158. The third-order valence-electron chi connectivity index (χ3n) is 8.18. The van der Waals surface area contributed by atoms with Crippen LogP contribution < -0.4 is 10.2 Å². The van der Waals surface area contributed by atoms with E-state index in [1.165, 1.54) is 4.90 Å². The van der Waals surface area contributed by atoms with E-state index in [9.17, 15) is 9.59 Å². The monoisotopic (exact) mass is 425 g/mol. The van der Waals surface area contributed by atoms with Crippen LogP contribution in [0.4, 0.5) is 10.5 Å². The summed E-state index contributed by atoms with van der Waals surface area (Å²) in [6.45, 7) is 2.71. The number of benzene rings is 1. The van der Waals surface area contributed by atoms with Crippen molar-refractivity contribution >= 4 is 17.6 Å². The highest BCUT2D eigenvalue weighted by molar-refractivity contribution is 6.17. The lowest BCUT2D eigenvalue weighted by Crippen LogP contribution is -2.73. The van der Waals surface area contributed by atoms with E-state index in [0.29, 0.717) is 6.54 Å². The normalized spacial score (nSPS) is 34.1. The van der Waals surface area contributed by atoms with Gasteiger partial charge in [-0.05, 0) is 55.7 Å². The average Bonchev–Trinajstić information content (AvgIpc) is 3.33. The van der Waals surface area contributed by atoms with Crippen LogP contribution in [0.2, 0.25) is 0 Å². The fourth-order valence-electron chi connectivity index (χ4n) is 6.67. The van der Waals surface area contributed by atoms with Crippen molar-refractivity contribution in [3.63, 3.8) is 0 Å². The molecule has 31 heavy (non-hydrogen) atoms. The summed E-state index contributed by atoms with van der Waals surface area (Å²) < 4.78 is 5.81. The van der Waals surface area contributed by atoms with E-state index < -0.39 is 0 Å². The van der Waals surface area contributed by atoms with Crippen LogP contribution in [0.15, 0.2) is 24.3 Å². The summed E-state index contributed by atoms with van der Waals surface area (Å²) in [5.41, 5.74) is 1.86. The van der Waals surface area contributed by atoms with Gasteiger partial charge in [0.25, 0.3) is 0 Å². The molecule has 1 N–H and O–H groups in total. The summed E-state index contributed by atoms with van der Waals surface area (Å²) in [7, 11) is 1.79. The van der Waals surface area contributed by atoms with Crippen molar-refractivity contribution in [3.05, 3.63) is 29.8 Å². The first kappa shape index (κ1) is 21.0. The number of amides is 3. The molecule has 1 aromatic rings. The standard InChI is InChI=1S/C25H35N3O3/c1-3-16-8-6-11-18(14-16)28-24(29)20-15-26-22-19(12-7-13-21(22)31-2)23(20)27(25(28)30)17-9-4-5-10-17/h6,8,11,14,17,19-23,26H,3-5,7,9-10,12-13,15H2,1-2H3. The molecule has 2 aliphatic heterocycles. The molecule has 6 nitrogen and oxygen atoms in total. The Balaban J connectivity index is 1.54. The largest absolute Gasteiger partial charge is 0.380 e. The van der Waals surface area contributed by atoms with Crippen molar-refractivity contribution in [2.75, 3.05) is 18.6 Å². The maximum Gasteiger partial charge on any atom is 0.331 e. The molecule has 2 aliphatic carbocycles. The molecule has 6 heteroatoms. The number of urea groups is 1. The molecule has 0 bridgehead atoms. The third kappa shape index (κ3) is 3.48. The summed E-state index contributed by atoms with van der Waals surface area (Å²) in [6.07, 6.45) is 8.65. The van der Waals surface area contributed by atoms with E-state index in [4.69, 9.17) is 4.74 Å². The topological polar surface area (TPSA) is 61.9 Å². The lowest BCUT2D eigenvalue weighted by atomic mass is 9.69.